The topological polar surface area (TPSA) is 27.0 Å². The van der Waals surface area contributed by atoms with Gasteiger partial charge in [0.25, 0.3) is 0 Å². The van der Waals surface area contributed by atoms with E-state index in [0.717, 1.165) is 12.1 Å². The predicted molar refractivity (Wildman–Crippen MR) is 64.9 cm³/mol. The average Bonchev–Trinajstić information content (AvgIpc) is 2.33. The zero-order valence-corrected chi connectivity index (χ0v) is 9.82. The first kappa shape index (κ1) is 11.2. The molecule has 0 bridgehead atoms. The molecule has 1 aromatic rings. The average molecular weight is 214 g/mol. The highest BCUT2D eigenvalue weighted by Gasteiger charge is 2.18. The van der Waals surface area contributed by atoms with E-state index in [4.69, 9.17) is 5.26 Å². The summed E-state index contributed by atoms with van der Waals surface area (Å²) in [5, 5.41) is 9.05. The first-order valence-corrected chi connectivity index (χ1v) is 6.03. The quantitative estimate of drug-likeness (QED) is 0.757. The molecule has 0 unspecified atom stereocenters. The minimum absolute atomic E-state index is 0.653. The van der Waals surface area contributed by atoms with Crippen molar-refractivity contribution < 1.29 is 0 Å². The third kappa shape index (κ3) is 2.43. The molecule has 1 aromatic carbocycles. The maximum Gasteiger partial charge on any atom is 0.0995 e. The van der Waals surface area contributed by atoms with Crippen LogP contribution >= 0.6 is 0 Å². The van der Waals surface area contributed by atoms with E-state index in [1.54, 1.807) is 0 Å². The van der Waals surface area contributed by atoms with Crippen molar-refractivity contribution in [2.75, 3.05) is 6.54 Å². The Balaban J connectivity index is 2.11. The van der Waals surface area contributed by atoms with Gasteiger partial charge in [-0.1, -0.05) is 24.6 Å². The molecule has 0 amide bonds. The summed E-state index contributed by atoms with van der Waals surface area (Å²) in [5.41, 5.74) is 1.99. The molecule has 0 radical (unpaired) electrons. The fraction of sp³-hybridized carbons (Fsp3) is 0.500. The van der Waals surface area contributed by atoms with Gasteiger partial charge in [0.15, 0.2) is 0 Å². The molecule has 1 saturated heterocycles. The minimum atomic E-state index is 0.653. The van der Waals surface area contributed by atoms with Gasteiger partial charge in [0, 0.05) is 12.6 Å². The maximum absolute atomic E-state index is 9.05. The van der Waals surface area contributed by atoms with Gasteiger partial charge in [0.05, 0.1) is 11.6 Å². The van der Waals surface area contributed by atoms with E-state index in [1.165, 1.54) is 31.4 Å². The van der Waals surface area contributed by atoms with Gasteiger partial charge in [0.1, 0.15) is 0 Å². The second-order valence-corrected chi connectivity index (χ2v) is 4.58. The Morgan fingerprint density at radius 3 is 2.94 bits per heavy atom. The SMILES string of the molecule is C[C@@H]1CCCCN1Cc1ccccc1C#N. The van der Waals surface area contributed by atoms with Gasteiger partial charge in [-0.3, -0.25) is 4.90 Å². The van der Waals surface area contributed by atoms with Gasteiger partial charge < -0.3 is 0 Å². The van der Waals surface area contributed by atoms with Gasteiger partial charge in [-0.05, 0) is 37.9 Å². The summed E-state index contributed by atoms with van der Waals surface area (Å²) in [6.07, 6.45) is 3.92. The zero-order chi connectivity index (χ0) is 11.4. The summed E-state index contributed by atoms with van der Waals surface area (Å²) in [6.45, 7) is 4.37. The highest BCUT2D eigenvalue weighted by atomic mass is 15.2. The van der Waals surface area contributed by atoms with Crippen molar-refractivity contribution in [3.63, 3.8) is 0 Å². The molecule has 84 valence electrons. The molecular formula is C14H18N2. The molecule has 1 atom stereocenters. The Kier molecular flexibility index (Phi) is 3.58. The fourth-order valence-electron chi connectivity index (χ4n) is 2.38. The van der Waals surface area contributed by atoms with E-state index in [9.17, 15) is 0 Å². The molecule has 2 nitrogen and oxygen atoms in total. The Bertz CT molecular complexity index is 392. The van der Waals surface area contributed by atoms with Crippen molar-refractivity contribution in [2.45, 2.75) is 38.8 Å². The predicted octanol–water partition coefficient (Wildman–Crippen LogP) is 2.93. The van der Waals surface area contributed by atoms with Crippen LogP contribution in [0.25, 0.3) is 0 Å². The fourth-order valence-corrected chi connectivity index (χ4v) is 2.38. The van der Waals surface area contributed by atoms with E-state index in [2.05, 4.69) is 24.0 Å². The number of benzene rings is 1. The van der Waals surface area contributed by atoms with Gasteiger partial charge in [-0.25, -0.2) is 0 Å². The lowest BCUT2D eigenvalue weighted by Crippen LogP contribution is -2.36. The van der Waals surface area contributed by atoms with Crippen LogP contribution in [-0.2, 0) is 6.54 Å². The van der Waals surface area contributed by atoms with Crippen molar-refractivity contribution >= 4 is 0 Å². The number of nitrogens with zero attached hydrogens (tertiary/aromatic N) is 2. The van der Waals surface area contributed by atoms with Crippen LogP contribution in [0.5, 0.6) is 0 Å². The van der Waals surface area contributed by atoms with Crippen molar-refractivity contribution in [3.8, 4) is 6.07 Å². The second kappa shape index (κ2) is 5.14. The highest BCUT2D eigenvalue weighted by Crippen LogP contribution is 2.20. The lowest BCUT2D eigenvalue weighted by molar-refractivity contribution is 0.152. The number of hydrogen-bond donors (Lipinski definition) is 0. The van der Waals surface area contributed by atoms with E-state index in [-0.39, 0.29) is 0 Å². The number of likely N-dealkylation sites (tertiary alicyclic amines) is 1. The highest BCUT2D eigenvalue weighted by molar-refractivity contribution is 5.37. The van der Waals surface area contributed by atoms with Crippen LogP contribution in [0.15, 0.2) is 24.3 Å². The molecule has 2 rings (SSSR count). The van der Waals surface area contributed by atoms with E-state index < -0.39 is 0 Å². The maximum atomic E-state index is 9.05. The van der Waals surface area contributed by atoms with Crippen molar-refractivity contribution in [3.05, 3.63) is 35.4 Å². The van der Waals surface area contributed by atoms with Gasteiger partial charge >= 0.3 is 0 Å². The van der Waals surface area contributed by atoms with Crippen LogP contribution in [-0.4, -0.2) is 17.5 Å². The van der Waals surface area contributed by atoms with E-state index in [1.807, 2.05) is 18.2 Å². The summed E-state index contributed by atoms with van der Waals surface area (Å²) in [6, 6.07) is 10.9. The normalized spacial score (nSPS) is 21.6. The molecular weight excluding hydrogens is 196 g/mol. The Hall–Kier alpha value is -1.33. The molecule has 16 heavy (non-hydrogen) atoms. The number of nitriles is 1. The number of rotatable bonds is 2. The van der Waals surface area contributed by atoms with Gasteiger partial charge in [-0.15, -0.1) is 0 Å². The Labute approximate surface area is 97.5 Å². The van der Waals surface area contributed by atoms with Crippen LogP contribution in [0.4, 0.5) is 0 Å². The summed E-state index contributed by atoms with van der Waals surface area (Å²) in [7, 11) is 0. The monoisotopic (exact) mass is 214 g/mol. The van der Waals surface area contributed by atoms with Crippen LogP contribution in [0.1, 0.15) is 37.3 Å². The first-order valence-electron chi connectivity index (χ1n) is 6.03. The van der Waals surface area contributed by atoms with Gasteiger partial charge in [-0.2, -0.15) is 5.26 Å². The second-order valence-electron chi connectivity index (χ2n) is 4.58. The lowest BCUT2D eigenvalue weighted by Gasteiger charge is -2.33. The molecule has 0 aromatic heterocycles. The molecule has 1 fully saturated rings. The molecule has 0 aliphatic carbocycles. The minimum Gasteiger partial charge on any atom is -0.296 e. The molecule has 2 heteroatoms. The molecule has 0 spiro atoms. The number of piperidine rings is 1. The zero-order valence-electron chi connectivity index (χ0n) is 9.82. The first-order chi connectivity index (χ1) is 7.81. The lowest BCUT2D eigenvalue weighted by atomic mass is 10.0. The van der Waals surface area contributed by atoms with Crippen molar-refractivity contribution in [1.29, 1.82) is 5.26 Å². The smallest absolute Gasteiger partial charge is 0.0995 e. The van der Waals surface area contributed by atoms with Crippen LogP contribution in [0, 0.1) is 11.3 Å². The number of hydrogen-bond acceptors (Lipinski definition) is 2. The van der Waals surface area contributed by atoms with E-state index in [0.29, 0.717) is 6.04 Å². The summed E-state index contributed by atoms with van der Waals surface area (Å²) >= 11 is 0. The van der Waals surface area contributed by atoms with Crippen LogP contribution in [0.2, 0.25) is 0 Å². The molecule has 1 aliphatic rings. The summed E-state index contributed by atoms with van der Waals surface area (Å²) in [5.74, 6) is 0. The van der Waals surface area contributed by atoms with Crippen LogP contribution in [0.3, 0.4) is 0 Å². The third-order valence-corrected chi connectivity index (χ3v) is 3.45. The summed E-state index contributed by atoms with van der Waals surface area (Å²) in [4.78, 5) is 2.49. The summed E-state index contributed by atoms with van der Waals surface area (Å²) < 4.78 is 0. The molecule has 0 N–H and O–H groups in total. The largest absolute Gasteiger partial charge is 0.296 e. The molecule has 1 aliphatic heterocycles. The van der Waals surface area contributed by atoms with Gasteiger partial charge in [0.2, 0.25) is 0 Å². The van der Waals surface area contributed by atoms with Crippen molar-refractivity contribution in [2.24, 2.45) is 0 Å². The Morgan fingerprint density at radius 2 is 2.19 bits per heavy atom. The molecule has 1 heterocycles. The van der Waals surface area contributed by atoms with Crippen LogP contribution < -0.4 is 0 Å². The Morgan fingerprint density at radius 1 is 1.38 bits per heavy atom. The standard InChI is InChI=1S/C14H18N2/c1-12-6-4-5-9-16(12)11-14-8-3-2-7-13(14)10-15/h2-3,7-8,12H,4-6,9,11H2,1H3/t12-/m1/s1. The molecule has 0 saturated carbocycles. The van der Waals surface area contributed by atoms with E-state index >= 15 is 0 Å². The van der Waals surface area contributed by atoms with Crippen molar-refractivity contribution in [1.82, 2.24) is 4.90 Å². The third-order valence-electron chi connectivity index (χ3n) is 3.45.